The number of hydrogen-bond acceptors (Lipinski definition) is 4. The van der Waals surface area contributed by atoms with Gasteiger partial charge in [-0.05, 0) is 44.5 Å². The highest BCUT2D eigenvalue weighted by molar-refractivity contribution is 6.41. The van der Waals surface area contributed by atoms with Gasteiger partial charge in [-0.3, -0.25) is 14.5 Å². The van der Waals surface area contributed by atoms with Gasteiger partial charge in [-0.25, -0.2) is 0 Å². The van der Waals surface area contributed by atoms with Crippen LogP contribution < -0.4 is 4.90 Å². The zero-order valence-electron chi connectivity index (χ0n) is 17.2. The Balaban J connectivity index is 2.00. The Morgan fingerprint density at radius 3 is 2.37 bits per heavy atom. The normalized spacial score (nSPS) is 14.3. The van der Waals surface area contributed by atoms with Crippen molar-refractivity contribution in [2.75, 3.05) is 25.1 Å². The number of likely N-dealkylation sites (N-methyl/N-ethyl adjacent to an activating group) is 1. The highest BCUT2D eigenvalue weighted by Gasteiger charge is 2.41. The smallest absolute Gasteiger partial charge is 0.278 e. The van der Waals surface area contributed by atoms with E-state index in [0.29, 0.717) is 34.3 Å². The molecule has 0 saturated heterocycles. The van der Waals surface area contributed by atoms with Crippen molar-refractivity contribution in [2.45, 2.75) is 26.4 Å². The predicted octanol–water partition coefficient (Wildman–Crippen LogP) is 5.02. The fourth-order valence-electron chi connectivity index (χ4n) is 3.33. The first-order valence-corrected chi connectivity index (χ1v) is 10.5. The number of anilines is 1. The third-order valence-corrected chi connectivity index (χ3v) is 5.35. The molecular weight excluding hydrogens is 423 g/mol. The van der Waals surface area contributed by atoms with Gasteiger partial charge in [0.2, 0.25) is 0 Å². The molecule has 0 aromatic heterocycles. The highest BCUT2D eigenvalue weighted by atomic mass is 35.5. The maximum atomic E-state index is 13.3. The van der Waals surface area contributed by atoms with Crippen LogP contribution >= 0.6 is 23.2 Å². The molecule has 0 aliphatic carbocycles. The zero-order chi connectivity index (χ0) is 21.8. The molecule has 0 N–H and O–H groups in total. The number of para-hydroxylation sites is 1. The standard InChI is InChI=1S/C23H24Cl2N2O3/c1-15(2)30-13-7-12-27-22(28)20(18-11-10-16(24)14-19(18)25)21(23(27)29)26(3)17-8-5-4-6-9-17/h4-6,8-11,14-15H,7,12-13H2,1-3H3. The van der Waals surface area contributed by atoms with Gasteiger partial charge in [0.15, 0.2) is 0 Å². The van der Waals surface area contributed by atoms with Crippen LogP contribution in [0.15, 0.2) is 54.2 Å². The summed E-state index contributed by atoms with van der Waals surface area (Å²) in [5.74, 6) is -0.719. The number of imide groups is 1. The van der Waals surface area contributed by atoms with Crippen molar-refractivity contribution in [1.29, 1.82) is 0 Å². The van der Waals surface area contributed by atoms with Crippen LogP contribution in [-0.4, -0.2) is 43.0 Å². The van der Waals surface area contributed by atoms with Crippen molar-refractivity contribution in [3.63, 3.8) is 0 Å². The number of carbonyl (C=O) groups excluding carboxylic acids is 2. The molecule has 1 aliphatic heterocycles. The minimum atomic E-state index is -0.369. The van der Waals surface area contributed by atoms with E-state index in [1.54, 1.807) is 30.1 Å². The van der Waals surface area contributed by atoms with Crippen molar-refractivity contribution >= 4 is 46.3 Å². The van der Waals surface area contributed by atoms with Crippen molar-refractivity contribution in [3.8, 4) is 0 Å². The molecule has 0 unspecified atom stereocenters. The number of rotatable bonds is 8. The molecule has 0 saturated carbocycles. The van der Waals surface area contributed by atoms with Crippen LogP contribution in [0.4, 0.5) is 5.69 Å². The topological polar surface area (TPSA) is 49.9 Å². The van der Waals surface area contributed by atoms with E-state index in [2.05, 4.69) is 0 Å². The SMILES string of the molecule is CC(C)OCCCN1C(=O)C(c2ccc(Cl)cc2Cl)=C(N(C)c2ccccc2)C1=O. The number of amides is 2. The number of ether oxygens (including phenoxy) is 1. The van der Waals surface area contributed by atoms with E-state index in [1.807, 2.05) is 44.2 Å². The van der Waals surface area contributed by atoms with Gasteiger partial charge in [-0.2, -0.15) is 0 Å². The molecular formula is C23H24Cl2N2O3. The Morgan fingerprint density at radius 2 is 1.73 bits per heavy atom. The Labute approximate surface area is 186 Å². The van der Waals surface area contributed by atoms with Gasteiger partial charge in [0.1, 0.15) is 5.70 Å². The van der Waals surface area contributed by atoms with E-state index in [-0.39, 0.29) is 30.0 Å². The molecule has 5 nitrogen and oxygen atoms in total. The minimum absolute atomic E-state index is 0.0938. The number of halogens is 2. The van der Waals surface area contributed by atoms with Crippen LogP contribution in [-0.2, 0) is 14.3 Å². The average Bonchev–Trinajstić information content (AvgIpc) is 2.95. The van der Waals surface area contributed by atoms with Crippen LogP contribution in [0, 0.1) is 0 Å². The molecule has 158 valence electrons. The Morgan fingerprint density at radius 1 is 1.03 bits per heavy atom. The summed E-state index contributed by atoms with van der Waals surface area (Å²) in [5.41, 5.74) is 1.84. The van der Waals surface area contributed by atoms with E-state index in [1.165, 1.54) is 4.90 Å². The van der Waals surface area contributed by atoms with E-state index >= 15 is 0 Å². The summed E-state index contributed by atoms with van der Waals surface area (Å²) >= 11 is 12.4. The van der Waals surface area contributed by atoms with E-state index in [4.69, 9.17) is 27.9 Å². The summed E-state index contributed by atoms with van der Waals surface area (Å²) in [7, 11) is 1.77. The number of benzene rings is 2. The van der Waals surface area contributed by atoms with Gasteiger partial charge in [0.25, 0.3) is 11.8 Å². The summed E-state index contributed by atoms with van der Waals surface area (Å²) in [6, 6.07) is 14.3. The van der Waals surface area contributed by atoms with Crippen LogP contribution in [0.2, 0.25) is 10.0 Å². The van der Waals surface area contributed by atoms with Crippen LogP contribution in [0.5, 0.6) is 0 Å². The lowest BCUT2D eigenvalue weighted by Crippen LogP contribution is -2.35. The predicted molar refractivity (Wildman–Crippen MR) is 121 cm³/mol. The second kappa shape index (κ2) is 9.65. The quantitative estimate of drug-likeness (QED) is 0.421. The van der Waals surface area contributed by atoms with E-state index in [0.717, 1.165) is 5.69 Å². The minimum Gasteiger partial charge on any atom is -0.379 e. The molecule has 0 radical (unpaired) electrons. The van der Waals surface area contributed by atoms with Gasteiger partial charge in [0.05, 0.1) is 16.7 Å². The van der Waals surface area contributed by atoms with Crippen molar-refractivity contribution in [2.24, 2.45) is 0 Å². The molecule has 7 heteroatoms. The summed E-state index contributed by atoms with van der Waals surface area (Å²) in [6.45, 7) is 4.63. The first kappa shape index (κ1) is 22.3. The number of carbonyl (C=O) groups is 2. The van der Waals surface area contributed by atoms with Gasteiger partial charge in [0, 0.05) is 36.5 Å². The fourth-order valence-corrected chi connectivity index (χ4v) is 3.84. The number of nitrogens with zero attached hydrogens (tertiary/aromatic N) is 2. The molecule has 30 heavy (non-hydrogen) atoms. The fraction of sp³-hybridized carbons (Fsp3) is 0.304. The largest absolute Gasteiger partial charge is 0.379 e. The van der Waals surface area contributed by atoms with E-state index in [9.17, 15) is 9.59 Å². The summed E-state index contributed by atoms with van der Waals surface area (Å²) in [4.78, 5) is 29.6. The van der Waals surface area contributed by atoms with Gasteiger partial charge in [-0.15, -0.1) is 0 Å². The Kier molecular flexibility index (Phi) is 7.19. The number of hydrogen-bond donors (Lipinski definition) is 0. The van der Waals surface area contributed by atoms with Crippen LogP contribution in [0.3, 0.4) is 0 Å². The molecule has 0 atom stereocenters. The second-order valence-electron chi connectivity index (χ2n) is 7.28. The van der Waals surface area contributed by atoms with Gasteiger partial charge in [-0.1, -0.05) is 47.5 Å². The average molecular weight is 447 g/mol. The lowest BCUT2D eigenvalue weighted by atomic mass is 10.0. The summed E-state index contributed by atoms with van der Waals surface area (Å²) in [6.07, 6.45) is 0.649. The maximum Gasteiger partial charge on any atom is 0.278 e. The maximum absolute atomic E-state index is 13.3. The molecule has 1 heterocycles. The monoisotopic (exact) mass is 446 g/mol. The van der Waals surface area contributed by atoms with Crippen LogP contribution in [0.25, 0.3) is 5.57 Å². The Bertz CT molecular complexity index is 974. The second-order valence-corrected chi connectivity index (χ2v) is 8.12. The van der Waals surface area contributed by atoms with Gasteiger partial charge >= 0.3 is 0 Å². The summed E-state index contributed by atoms with van der Waals surface area (Å²) in [5, 5.41) is 0.782. The summed E-state index contributed by atoms with van der Waals surface area (Å²) < 4.78 is 5.55. The highest BCUT2D eigenvalue weighted by Crippen LogP contribution is 2.37. The van der Waals surface area contributed by atoms with Gasteiger partial charge < -0.3 is 9.64 Å². The molecule has 1 aliphatic rings. The molecule has 2 aromatic rings. The molecule has 3 rings (SSSR count). The Hall–Kier alpha value is -2.34. The molecule has 0 spiro atoms. The third kappa shape index (κ3) is 4.69. The lowest BCUT2D eigenvalue weighted by molar-refractivity contribution is -0.137. The molecule has 2 amide bonds. The molecule has 0 bridgehead atoms. The zero-order valence-corrected chi connectivity index (χ0v) is 18.7. The third-order valence-electron chi connectivity index (χ3n) is 4.80. The first-order chi connectivity index (χ1) is 14.3. The van der Waals surface area contributed by atoms with Crippen molar-refractivity contribution in [1.82, 2.24) is 4.90 Å². The van der Waals surface area contributed by atoms with Crippen LogP contribution in [0.1, 0.15) is 25.8 Å². The van der Waals surface area contributed by atoms with Crippen molar-refractivity contribution in [3.05, 3.63) is 69.8 Å². The first-order valence-electron chi connectivity index (χ1n) is 9.77. The molecule has 2 aromatic carbocycles. The molecule has 0 fully saturated rings. The van der Waals surface area contributed by atoms with Crippen molar-refractivity contribution < 1.29 is 14.3 Å². The lowest BCUT2D eigenvalue weighted by Gasteiger charge is -2.21. The van der Waals surface area contributed by atoms with E-state index < -0.39 is 0 Å².